The first-order chi connectivity index (χ1) is 10.3. The van der Waals surface area contributed by atoms with E-state index in [2.05, 4.69) is 37.4 Å². The Kier molecular flexibility index (Phi) is 2.48. The molecule has 0 saturated heterocycles. The van der Waals surface area contributed by atoms with Gasteiger partial charge in [-0.2, -0.15) is 0 Å². The number of hydrogen-bond acceptors (Lipinski definition) is 1. The molecule has 0 aromatic heterocycles. The molecule has 0 spiro atoms. The van der Waals surface area contributed by atoms with Gasteiger partial charge in [0, 0.05) is 10.9 Å². The first-order valence-electron chi connectivity index (χ1n) is 6.95. The maximum absolute atomic E-state index is 6.11. The number of para-hydroxylation sites is 1. The lowest BCUT2D eigenvalue weighted by atomic mass is 9.90. The van der Waals surface area contributed by atoms with E-state index >= 15 is 0 Å². The zero-order valence-electron chi connectivity index (χ0n) is 11.6. The lowest BCUT2D eigenvalue weighted by molar-refractivity contribution is 0.487. The third kappa shape index (κ3) is 1.58. The second-order valence-corrected chi connectivity index (χ2v) is 5.11. The number of rotatable bonds is 2. The van der Waals surface area contributed by atoms with Crippen LogP contribution in [0.3, 0.4) is 0 Å². The average molecular weight is 270 g/mol. The van der Waals surface area contributed by atoms with Gasteiger partial charge in [0.1, 0.15) is 11.5 Å². The summed E-state index contributed by atoms with van der Waals surface area (Å²) in [7, 11) is 0. The van der Waals surface area contributed by atoms with Crippen molar-refractivity contribution >= 4 is 22.9 Å². The number of hydrogen-bond donors (Lipinski definition) is 0. The molecule has 0 aliphatic carbocycles. The van der Waals surface area contributed by atoms with Crippen LogP contribution >= 0.6 is 0 Å². The second kappa shape index (κ2) is 4.35. The van der Waals surface area contributed by atoms with E-state index in [4.69, 9.17) is 4.74 Å². The zero-order valence-corrected chi connectivity index (χ0v) is 11.6. The molecule has 1 nitrogen and oxygen atoms in total. The molecule has 0 unspecified atom stereocenters. The van der Waals surface area contributed by atoms with Crippen molar-refractivity contribution in [2.24, 2.45) is 0 Å². The van der Waals surface area contributed by atoms with Gasteiger partial charge in [-0.25, -0.2) is 0 Å². The van der Waals surface area contributed by atoms with Gasteiger partial charge < -0.3 is 4.74 Å². The van der Waals surface area contributed by atoms with E-state index in [0.29, 0.717) is 0 Å². The Bertz CT molecular complexity index is 903. The van der Waals surface area contributed by atoms with Crippen molar-refractivity contribution in [1.29, 1.82) is 0 Å². The largest absolute Gasteiger partial charge is 0.456 e. The quantitative estimate of drug-likeness (QED) is 0.440. The zero-order chi connectivity index (χ0) is 14.4. The van der Waals surface area contributed by atoms with Gasteiger partial charge in [-0.05, 0) is 34.2 Å². The first-order valence-corrected chi connectivity index (χ1v) is 6.95. The van der Waals surface area contributed by atoms with Gasteiger partial charge in [-0.3, -0.25) is 0 Å². The predicted octanol–water partition coefficient (Wildman–Crippen LogP) is 5.90. The summed E-state index contributed by atoms with van der Waals surface area (Å²) in [6.07, 6.45) is 3.74. The van der Waals surface area contributed by atoms with Crippen LogP contribution in [-0.2, 0) is 0 Å². The minimum atomic E-state index is 0.889. The van der Waals surface area contributed by atoms with Gasteiger partial charge >= 0.3 is 0 Å². The van der Waals surface area contributed by atoms with E-state index < -0.39 is 0 Å². The van der Waals surface area contributed by atoms with Crippen molar-refractivity contribution in [2.45, 2.75) is 0 Å². The van der Waals surface area contributed by atoms with Crippen molar-refractivity contribution in [3.05, 3.63) is 72.8 Å². The van der Waals surface area contributed by atoms with Crippen LogP contribution < -0.4 is 4.74 Å². The fourth-order valence-electron chi connectivity index (χ4n) is 3.09. The van der Waals surface area contributed by atoms with Crippen LogP contribution in [0.15, 0.2) is 61.7 Å². The summed E-state index contributed by atoms with van der Waals surface area (Å²) in [4.78, 5) is 0. The summed E-state index contributed by atoms with van der Waals surface area (Å²) in [6.45, 7) is 7.85. The summed E-state index contributed by atoms with van der Waals surface area (Å²) >= 11 is 0. The monoisotopic (exact) mass is 270 g/mol. The Morgan fingerprint density at radius 2 is 1.62 bits per heavy atom. The molecule has 1 aliphatic heterocycles. The predicted molar refractivity (Wildman–Crippen MR) is 89.6 cm³/mol. The van der Waals surface area contributed by atoms with E-state index in [1.54, 1.807) is 0 Å². The average Bonchev–Trinajstić information content (AvgIpc) is 2.54. The molecule has 1 heteroatoms. The van der Waals surface area contributed by atoms with Crippen LogP contribution in [0.1, 0.15) is 11.1 Å². The fraction of sp³-hybridized carbons (Fsp3) is 0. The van der Waals surface area contributed by atoms with E-state index in [0.717, 1.165) is 39.0 Å². The molecule has 0 amide bonds. The van der Waals surface area contributed by atoms with Gasteiger partial charge in [-0.1, -0.05) is 61.7 Å². The van der Waals surface area contributed by atoms with Crippen molar-refractivity contribution in [3.63, 3.8) is 0 Å². The van der Waals surface area contributed by atoms with E-state index in [1.165, 1.54) is 5.56 Å². The van der Waals surface area contributed by atoms with Crippen LogP contribution in [-0.4, -0.2) is 0 Å². The molecule has 0 saturated carbocycles. The van der Waals surface area contributed by atoms with Crippen molar-refractivity contribution in [2.75, 3.05) is 0 Å². The highest BCUT2D eigenvalue weighted by molar-refractivity contribution is 6.08. The minimum absolute atomic E-state index is 0.889. The summed E-state index contributed by atoms with van der Waals surface area (Å²) in [5, 5.41) is 2.31. The molecule has 21 heavy (non-hydrogen) atoms. The highest BCUT2D eigenvalue weighted by Gasteiger charge is 2.21. The maximum Gasteiger partial charge on any atom is 0.136 e. The van der Waals surface area contributed by atoms with Crippen LogP contribution in [0, 0.1) is 0 Å². The molecule has 3 aromatic rings. The van der Waals surface area contributed by atoms with Gasteiger partial charge in [0.25, 0.3) is 0 Å². The lowest BCUT2D eigenvalue weighted by Crippen LogP contribution is -1.98. The van der Waals surface area contributed by atoms with Gasteiger partial charge in [-0.15, -0.1) is 0 Å². The molecule has 100 valence electrons. The van der Waals surface area contributed by atoms with E-state index in [1.807, 2.05) is 36.4 Å². The molecule has 3 aromatic carbocycles. The Morgan fingerprint density at radius 1 is 0.810 bits per heavy atom. The molecule has 0 fully saturated rings. The number of ether oxygens (including phenoxy) is 1. The third-order valence-corrected chi connectivity index (χ3v) is 4.02. The molecule has 0 atom stereocenters. The Labute approximate surface area is 123 Å². The highest BCUT2D eigenvalue weighted by Crippen LogP contribution is 2.47. The summed E-state index contributed by atoms with van der Waals surface area (Å²) < 4.78 is 6.11. The molecular weight excluding hydrogens is 256 g/mol. The second-order valence-electron chi connectivity index (χ2n) is 5.11. The Morgan fingerprint density at radius 3 is 2.43 bits per heavy atom. The van der Waals surface area contributed by atoms with Crippen LogP contribution in [0.2, 0.25) is 0 Å². The Hall–Kier alpha value is -2.80. The summed E-state index contributed by atoms with van der Waals surface area (Å²) in [6, 6.07) is 16.5. The molecule has 1 heterocycles. The first kappa shape index (κ1) is 12.0. The van der Waals surface area contributed by atoms with Crippen molar-refractivity contribution in [1.82, 2.24) is 0 Å². The number of benzene rings is 3. The molecule has 0 N–H and O–H groups in total. The molecule has 0 bridgehead atoms. The smallest absolute Gasteiger partial charge is 0.136 e. The number of fused-ring (bicyclic) bond motifs is 2. The minimum Gasteiger partial charge on any atom is -0.456 e. The SMILES string of the molecule is C=Cc1cc2c3c(cccc3c1C=C)-c1ccccc1O2. The topological polar surface area (TPSA) is 9.23 Å². The van der Waals surface area contributed by atoms with Gasteiger partial charge in [0.2, 0.25) is 0 Å². The van der Waals surface area contributed by atoms with E-state index in [9.17, 15) is 0 Å². The molecule has 0 radical (unpaired) electrons. The molecular formula is C20H14O. The highest BCUT2D eigenvalue weighted by atomic mass is 16.5. The summed E-state index contributed by atoms with van der Waals surface area (Å²) in [5.41, 5.74) is 4.50. The van der Waals surface area contributed by atoms with Gasteiger partial charge in [0.05, 0.1) is 0 Å². The normalized spacial score (nSPS) is 11.6. The standard InChI is InChI=1S/C20H14O/c1-3-13-12-19-20-16(14(13)4-2)9-7-10-17(20)15-8-5-6-11-18(15)21-19/h3-12H,1-2H2. The third-order valence-electron chi connectivity index (χ3n) is 4.02. The van der Waals surface area contributed by atoms with Crippen molar-refractivity contribution < 1.29 is 4.74 Å². The summed E-state index contributed by atoms with van der Waals surface area (Å²) in [5.74, 6) is 1.79. The lowest BCUT2D eigenvalue weighted by Gasteiger charge is -2.23. The van der Waals surface area contributed by atoms with Crippen LogP contribution in [0.4, 0.5) is 0 Å². The Balaban J connectivity index is 2.21. The maximum atomic E-state index is 6.11. The van der Waals surface area contributed by atoms with E-state index in [-0.39, 0.29) is 0 Å². The van der Waals surface area contributed by atoms with Gasteiger partial charge in [0.15, 0.2) is 0 Å². The van der Waals surface area contributed by atoms with Crippen LogP contribution in [0.25, 0.3) is 34.1 Å². The molecule has 1 aliphatic rings. The fourth-order valence-corrected chi connectivity index (χ4v) is 3.09. The van der Waals surface area contributed by atoms with Crippen LogP contribution in [0.5, 0.6) is 11.5 Å². The van der Waals surface area contributed by atoms with Crippen molar-refractivity contribution in [3.8, 4) is 22.6 Å². The molecule has 4 rings (SSSR count).